The largest absolute Gasteiger partial charge is 0.310 e. The number of hydrogen-bond donors (Lipinski definition) is 1. The summed E-state index contributed by atoms with van der Waals surface area (Å²) in [4.78, 5) is 0. The van der Waals surface area contributed by atoms with Crippen molar-refractivity contribution >= 4 is 0 Å². The molecule has 1 heterocycles. The zero-order valence-corrected chi connectivity index (χ0v) is 8.67. The van der Waals surface area contributed by atoms with Gasteiger partial charge in [-0.1, -0.05) is 13.8 Å². The Balaban J connectivity index is 2.26. The van der Waals surface area contributed by atoms with Crippen LogP contribution in [0.25, 0.3) is 0 Å². The van der Waals surface area contributed by atoms with Gasteiger partial charge in [0.05, 0.1) is 0 Å². The van der Waals surface area contributed by atoms with E-state index < -0.39 is 0 Å². The number of rotatable bonds is 3. The lowest BCUT2D eigenvalue weighted by Gasteiger charge is -2.24. The van der Waals surface area contributed by atoms with E-state index >= 15 is 0 Å². The Morgan fingerprint density at radius 3 is 2.50 bits per heavy atom. The van der Waals surface area contributed by atoms with Crippen molar-refractivity contribution in [2.45, 2.75) is 32.4 Å². The summed E-state index contributed by atoms with van der Waals surface area (Å²) in [5, 5.41) is 8.12. The van der Waals surface area contributed by atoms with Gasteiger partial charge in [0.1, 0.15) is 0 Å². The molecule has 1 N–H and O–H groups in total. The number of hydrazine groups is 1. The third kappa shape index (κ3) is 2.73. The molecule has 3 heteroatoms. The molecular formula is C9H21N3. The number of hydrogen-bond acceptors (Lipinski definition) is 3. The van der Waals surface area contributed by atoms with Gasteiger partial charge < -0.3 is 5.32 Å². The van der Waals surface area contributed by atoms with Gasteiger partial charge in [-0.2, -0.15) is 0 Å². The number of nitrogens with zero attached hydrogens (tertiary/aromatic N) is 2. The molecule has 0 aromatic heterocycles. The first kappa shape index (κ1) is 9.96. The van der Waals surface area contributed by atoms with Crippen LogP contribution in [0.1, 0.15) is 20.3 Å². The zero-order chi connectivity index (χ0) is 9.14. The molecule has 0 aromatic carbocycles. The van der Waals surface area contributed by atoms with E-state index in [1.807, 2.05) is 0 Å². The lowest BCUT2D eigenvalue weighted by atomic mass is 10.2. The van der Waals surface area contributed by atoms with Crippen LogP contribution in [0.5, 0.6) is 0 Å². The quantitative estimate of drug-likeness (QED) is 0.668. The summed E-state index contributed by atoms with van der Waals surface area (Å²) in [7, 11) is 4.22. The fourth-order valence-corrected chi connectivity index (χ4v) is 1.71. The molecule has 0 aliphatic carbocycles. The van der Waals surface area contributed by atoms with Crippen LogP contribution in [0, 0.1) is 0 Å². The zero-order valence-electron chi connectivity index (χ0n) is 8.67. The van der Waals surface area contributed by atoms with Gasteiger partial charge in [0, 0.05) is 39.3 Å². The van der Waals surface area contributed by atoms with Crippen molar-refractivity contribution in [3.8, 4) is 0 Å². The van der Waals surface area contributed by atoms with E-state index in [2.05, 4.69) is 43.3 Å². The minimum atomic E-state index is 0.608. The molecule has 1 fully saturated rings. The molecular weight excluding hydrogens is 150 g/mol. The first-order chi connectivity index (χ1) is 5.59. The monoisotopic (exact) mass is 171 g/mol. The Morgan fingerprint density at radius 1 is 1.42 bits per heavy atom. The third-order valence-corrected chi connectivity index (χ3v) is 2.30. The highest BCUT2D eigenvalue weighted by Crippen LogP contribution is 2.09. The fraction of sp³-hybridized carbons (Fsp3) is 1.00. The topological polar surface area (TPSA) is 18.5 Å². The van der Waals surface area contributed by atoms with Gasteiger partial charge in [0.15, 0.2) is 0 Å². The van der Waals surface area contributed by atoms with Crippen molar-refractivity contribution in [2.24, 2.45) is 0 Å². The van der Waals surface area contributed by atoms with Crippen molar-refractivity contribution in [3.05, 3.63) is 0 Å². The molecule has 0 radical (unpaired) electrons. The molecule has 72 valence electrons. The molecule has 3 nitrogen and oxygen atoms in total. The third-order valence-electron chi connectivity index (χ3n) is 2.30. The molecule has 12 heavy (non-hydrogen) atoms. The lowest BCUT2D eigenvalue weighted by Crippen LogP contribution is -2.40. The highest BCUT2D eigenvalue weighted by atomic mass is 15.6. The van der Waals surface area contributed by atoms with Crippen LogP contribution in [-0.2, 0) is 0 Å². The van der Waals surface area contributed by atoms with Gasteiger partial charge in [-0.05, 0) is 6.42 Å². The molecule has 0 spiro atoms. The smallest absolute Gasteiger partial charge is 0.0287 e. The van der Waals surface area contributed by atoms with Gasteiger partial charge in [0.2, 0.25) is 0 Å². The van der Waals surface area contributed by atoms with Gasteiger partial charge in [-0.15, -0.1) is 0 Å². The second kappa shape index (κ2) is 4.21. The molecule has 0 saturated carbocycles. The average Bonchev–Trinajstić information content (AvgIpc) is 2.34. The van der Waals surface area contributed by atoms with E-state index in [1.165, 1.54) is 13.0 Å². The van der Waals surface area contributed by atoms with E-state index in [0.29, 0.717) is 12.1 Å². The van der Waals surface area contributed by atoms with E-state index in [-0.39, 0.29) is 0 Å². The van der Waals surface area contributed by atoms with Gasteiger partial charge in [0.25, 0.3) is 0 Å². The van der Waals surface area contributed by atoms with Crippen molar-refractivity contribution in [1.82, 2.24) is 15.3 Å². The molecule has 1 saturated heterocycles. The molecule has 0 aromatic rings. The Bertz CT molecular complexity index is 134. The van der Waals surface area contributed by atoms with Crippen LogP contribution >= 0.6 is 0 Å². The summed E-state index contributed by atoms with van der Waals surface area (Å²) >= 11 is 0. The average molecular weight is 171 g/mol. The fourth-order valence-electron chi connectivity index (χ4n) is 1.71. The Kier molecular flexibility index (Phi) is 3.50. The Morgan fingerprint density at radius 2 is 2.08 bits per heavy atom. The van der Waals surface area contributed by atoms with Crippen molar-refractivity contribution < 1.29 is 0 Å². The minimum Gasteiger partial charge on any atom is -0.310 e. The van der Waals surface area contributed by atoms with Crippen molar-refractivity contribution in [2.75, 3.05) is 27.2 Å². The maximum atomic E-state index is 3.56. The predicted molar refractivity (Wildman–Crippen MR) is 51.9 cm³/mol. The minimum absolute atomic E-state index is 0.608. The molecule has 1 atom stereocenters. The Hall–Kier alpha value is -0.120. The summed E-state index contributed by atoms with van der Waals surface area (Å²) in [5.41, 5.74) is 0. The second-order valence-electron chi connectivity index (χ2n) is 4.07. The normalized spacial score (nSPS) is 26.0. The second-order valence-corrected chi connectivity index (χ2v) is 4.07. The summed E-state index contributed by atoms with van der Waals surface area (Å²) in [6, 6.07) is 1.30. The highest BCUT2D eigenvalue weighted by molar-refractivity contribution is 4.79. The van der Waals surface area contributed by atoms with Gasteiger partial charge in [-0.25, -0.2) is 10.0 Å². The van der Waals surface area contributed by atoms with E-state index in [4.69, 9.17) is 0 Å². The van der Waals surface area contributed by atoms with Crippen LogP contribution < -0.4 is 5.32 Å². The standard InChI is InChI=1S/C9H21N3/c1-8(2)10-9-5-6-12(7-9)11(3)4/h8-10H,5-7H2,1-4H3. The van der Waals surface area contributed by atoms with Crippen LogP contribution in [-0.4, -0.2) is 49.3 Å². The molecule has 0 bridgehead atoms. The molecule has 1 rings (SSSR count). The number of nitrogens with one attached hydrogen (secondary N) is 1. The van der Waals surface area contributed by atoms with E-state index in [1.54, 1.807) is 0 Å². The maximum absolute atomic E-state index is 3.56. The lowest BCUT2D eigenvalue weighted by molar-refractivity contribution is 0.0508. The molecule has 1 aliphatic rings. The molecule has 0 amide bonds. The summed E-state index contributed by atoms with van der Waals surface area (Å²) in [6.45, 7) is 6.76. The first-order valence-electron chi connectivity index (χ1n) is 4.78. The SMILES string of the molecule is CC(C)NC1CCN(N(C)C)C1. The predicted octanol–water partition coefficient (Wildman–Crippen LogP) is 0.535. The van der Waals surface area contributed by atoms with E-state index in [9.17, 15) is 0 Å². The first-order valence-corrected chi connectivity index (χ1v) is 4.78. The Labute approximate surface area is 75.7 Å². The maximum Gasteiger partial charge on any atom is 0.0287 e. The summed E-state index contributed by atoms with van der Waals surface area (Å²) < 4.78 is 0. The van der Waals surface area contributed by atoms with Crippen LogP contribution in [0.3, 0.4) is 0 Å². The van der Waals surface area contributed by atoms with E-state index in [0.717, 1.165) is 6.54 Å². The molecule has 1 unspecified atom stereocenters. The van der Waals surface area contributed by atoms with Gasteiger partial charge >= 0.3 is 0 Å². The van der Waals surface area contributed by atoms with Crippen LogP contribution in [0.4, 0.5) is 0 Å². The van der Waals surface area contributed by atoms with Crippen LogP contribution in [0.2, 0.25) is 0 Å². The van der Waals surface area contributed by atoms with Crippen molar-refractivity contribution in [3.63, 3.8) is 0 Å². The van der Waals surface area contributed by atoms with Gasteiger partial charge in [-0.3, -0.25) is 0 Å². The van der Waals surface area contributed by atoms with Crippen LogP contribution in [0.15, 0.2) is 0 Å². The summed E-state index contributed by atoms with van der Waals surface area (Å²) in [6.07, 6.45) is 1.27. The summed E-state index contributed by atoms with van der Waals surface area (Å²) in [5.74, 6) is 0. The molecule has 1 aliphatic heterocycles. The van der Waals surface area contributed by atoms with Crippen molar-refractivity contribution in [1.29, 1.82) is 0 Å². The highest BCUT2D eigenvalue weighted by Gasteiger charge is 2.23.